The van der Waals surface area contributed by atoms with Crippen molar-refractivity contribution in [1.29, 1.82) is 0 Å². The van der Waals surface area contributed by atoms with Crippen LogP contribution in [0.1, 0.15) is 41.1 Å². The van der Waals surface area contributed by atoms with Crippen molar-refractivity contribution >= 4 is 5.69 Å². The highest BCUT2D eigenvalue weighted by atomic mass is 14.9. The Kier molecular flexibility index (Phi) is 2.58. The molecule has 0 aliphatic heterocycles. The first kappa shape index (κ1) is 11.1. The molecule has 1 nitrogen and oxygen atoms in total. The highest BCUT2D eigenvalue weighted by molar-refractivity contribution is 5.52. The Morgan fingerprint density at radius 2 is 1.74 bits per heavy atom. The number of rotatable bonds is 2. The van der Waals surface area contributed by atoms with Gasteiger partial charge in [0.2, 0.25) is 0 Å². The van der Waals surface area contributed by atoms with Crippen LogP contribution in [0, 0.1) is 0 Å². The molecule has 1 heteroatoms. The highest BCUT2D eigenvalue weighted by Crippen LogP contribution is 2.34. The quantitative estimate of drug-likeness (QED) is 0.838. The van der Waals surface area contributed by atoms with E-state index in [1.54, 1.807) is 11.1 Å². The lowest BCUT2D eigenvalue weighted by atomic mass is 10.1. The molecule has 0 fully saturated rings. The molecular formula is C18H19N. The van der Waals surface area contributed by atoms with Crippen molar-refractivity contribution < 1.29 is 0 Å². The van der Waals surface area contributed by atoms with Crippen LogP contribution in [-0.2, 0) is 19.3 Å². The lowest BCUT2D eigenvalue weighted by Crippen LogP contribution is -2.07. The summed E-state index contributed by atoms with van der Waals surface area (Å²) in [5.41, 5.74) is 7.40. The van der Waals surface area contributed by atoms with Gasteiger partial charge in [0.25, 0.3) is 0 Å². The number of hydrogen-bond acceptors (Lipinski definition) is 1. The topological polar surface area (TPSA) is 12.0 Å². The van der Waals surface area contributed by atoms with Gasteiger partial charge in [-0.15, -0.1) is 0 Å². The van der Waals surface area contributed by atoms with Crippen molar-refractivity contribution in [3.05, 3.63) is 64.7 Å². The second-order valence-electron chi connectivity index (χ2n) is 5.77. The van der Waals surface area contributed by atoms with Crippen molar-refractivity contribution in [2.75, 3.05) is 5.32 Å². The van der Waals surface area contributed by atoms with Crippen LogP contribution in [0.5, 0.6) is 0 Å². The average Bonchev–Trinajstić information content (AvgIpc) is 3.06. The van der Waals surface area contributed by atoms with E-state index in [0.29, 0.717) is 6.04 Å². The molecule has 1 atom stereocenters. The summed E-state index contributed by atoms with van der Waals surface area (Å²) in [4.78, 5) is 0. The van der Waals surface area contributed by atoms with Crippen LogP contribution in [0.3, 0.4) is 0 Å². The SMILES string of the molecule is c1ccc2c(c1)CCC2Nc1ccc2c(c1)CCC2. The number of anilines is 1. The summed E-state index contributed by atoms with van der Waals surface area (Å²) in [6.07, 6.45) is 6.27. The van der Waals surface area contributed by atoms with Crippen molar-refractivity contribution in [2.45, 2.75) is 38.1 Å². The number of aryl methyl sites for hydroxylation is 3. The first-order valence-electron chi connectivity index (χ1n) is 7.36. The maximum Gasteiger partial charge on any atom is 0.0519 e. The monoisotopic (exact) mass is 249 g/mol. The third kappa shape index (κ3) is 1.94. The van der Waals surface area contributed by atoms with E-state index in [-0.39, 0.29) is 0 Å². The Morgan fingerprint density at radius 1 is 0.842 bits per heavy atom. The van der Waals surface area contributed by atoms with E-state index in [4.69, 9.17) is 0 Å². The smallest absolute Gasteiger partial charge is 0.0519 e. The van der Waals surface area contributed by atoms with E-state index in [0.717, 1.165) is 0 Å². The van der Waals surface area contributed by atoms with E-state index >= 15 is 0 Å². The number of hydrogen-bond donors (Lipinski definition) is 1. The first-order chi connectivity index (χ1) is 9.40. The Hall–Kier alpha value is -1.76. The lowest BCUT2D eigenvalue weighted by molar-refractivity contribution is 0.762. The van der Waals surface area contributed by atoms with Gasteiger partial charge in [-0.2, -0.15) is 0 Å². The van der Waals surface area contributed by atoms with Gasteiger partial charge in [0, 0.05) is 5.69 Å². The third-order valence-corrected chi connectivity index (χ3v) is 4.57. The zero-order valence-corrected chi connectivity index (χ0v) is 11.2. The fourth-order valence-corrected chi connectivity index (χ4v) is 3.57. The standard InChI is InChI=1S/C18H19N/c1-2-7-17-14(4-1)9-11-18(17)19-16-10-8-13-5-3-6-15(13)12-16/h1-2,4,7-8,10,12,18-19H,3,5-6,9,11H2. The molecule has 0 radical (unpaired) electrons. The summed E-state index contributed by atoms with van der Waals surface area (Å²) in [7, 11) is 0. The minimum absolute atomic E-state index is 0.496. The average molecular weight is 249 g/mol. The molecule has 96 valence electrons. The molecule has 0 saturated heterocycles. The lowest BCUT2D eigenvalue weighted by Gasteiger charge is -2.16. The van der Waals surface area contributed by atoms with Crippen LogP contribution in [-0.4, -0.2) is 0 Å². The Labute approximate surface area is 114 Å². The zero-order valence-electron chi connectivity index (χ0n) is 11.2. The largest absolute Gasteiger partial charge is 0.378 e. The molecule has 2 aliphatic carbocycles. The molecule has 0 aromatic heterocycles. The van der Waals surface area contributed by atoms with Crippen molar-refractivity contribution in [2.24, 2.45) is 0 Å². The van der Waals surface area contributed by atoms with Crippen molar-refractivity contribution in [3.63, 3.8) is 0 Å². The summed E-state index contributed by atoms with van der Waals surface area (Å²) >= 11 is 0. The van der Waals surface area contributed by atoms with Gasteiger partial charge < -0.3 is 5.32 Å². The molecule has 4 rings (SSSR count). The molecule has 0 bridgehead atoms. The van der Waals surface area contributed by atoms with E-state index in [1.165, 1.54) is 48.9 Å². The fraction of sp³-hybridized carbons (Fsp3) is 0.333. The predicted octanol–water partition coefficient (Wildman–Crippen LogP) is 4.27. The highest BCUT2D eigenvalue weighted by Gasteiger charge is 2.22. The minimum atomic E-state index is 0.496. The number of nitrogens with one attached hydrogen (secondary N) is 1. The van der Waals surface area contributed by atoms with Gasteiger partial charge in [-0.3, -0.25) is 0 Å². The molecule has 2 aromatic rings. The molecule has 2 aromatic carbocycles. The summed E-state index contributed by atoms with van der Waals surface area (Å²) in [6, 6.07) is 16.3. The van der Waals surface area contributed by atoms with E-state index in [1.807, 2.05) is 0 Å². The van der Waals surface area contributed by atoms with Gasteiger partial charge in [0.05, 0.1) is 6.04 Å². The summed E-state index contributed by atoms with van der Waals surface area (Å²) in [5.74, 6) is 0. The molecule has 1 N–H and O–H groups in total. The van der Waals surface area contributed by atoms with Crippen LogP contribution in [0.15, 0.2) is 42.5 Å². The Morgan fingerprint density at radius 3 is 2.74 bits per heavy atom. The van der Waals surface area contributed by atoms with Gasteiger partial charge in [0.15, 0.2) is 0 Å². The van der Waals surface area contributed by atoms with Crippen LogP contribution in [0.4, 0.5) is 5.69 Å². The van der Waals surface area contributed by atoms with Crippen LogP contribution >= 0.6 is 0 Å². The number of benzene rings is 2. The van der Waals surface area contributed by atoms with Gasteiger partial charge in [-0.05, 0) is 66.5 Å². The molecule has 0 spiro atoms. The van der Waals surface area contributed by atoms with Gasteiger partial charge in [0.1, 0.15) is 0 Å². The second-order valence-corrected chi connectivity index (χ2v) is 5.77. The van der Waals surface area contributed by atoms with Gasteiger partial charge in [-0.1, -0.05) is 30.3 Å². The minimum Gasteiger partial charge on any atom is -0.378 e. The summed E-state index contributed by atoms with van der Waals surface area (Å²) in [6.45, 7) is 0. The van der Waals surface area contributed by atoms with E-state index in [2.05, 4.69) is 47.8 Å². The maximum atomic E-state index is 3.73. The Balaban J connectivity index is 1.60. The molecule has 0 heterocycles. The Bertz CT molecular complexity index is 615. The van der Waals surface area contributed by atoms with Crippen LogP contribution in [0.25, 0.3) is 0 Å². The first-order valence-corrected chi connectivity index (χ1v) is 7.36. The van der Waals surface area contributed by atoms with Crippen LogP contribution < -0.4 is 5.32 Å². The van der Waals surface area contributed by atoms with Crippen molar-refractivity contribution in [1.82, 2.24) is 0 Å². The predicted molar refractivity (Wildman–Crippen MR) is 79.6 cm³/mol. The molecule has 0 saturated carbocycles. The second kappa shape index (κ2) is 4.41. The number of fused-ring (bicyclic) bond motifs is 2. The van der Waals surface area contributed by atoms with Gasteiger partial charge >= 0.3 is 0 Å². The molecule has 1 unspecified atom stereocenters. The van der Waals surface area contributed by atoms with Crippen LogP contribution in [0.2, 0.25) is 0 Å². The normalized spacial score (nSPS) is 20.1. The van der Waals surface area contributed by atoms with Gasteiger partial charge in [-0.25, -0.2) is 0 Å². The van der Waals surface area contributed by atoms with E-state index in [9.17, 15) is 0 Å². The molecular weight excluding hydrogens is 230 g/mol. The molecule has 2 aliphatic rings. The van der Waals surface area contributed by atoms with Crippen molar-refractivity contribution in [3.8, 4) is 0 Å². The molecule has 0 amide bonds. The fourth-order valence-electron chi connectivity index (χ4n) is 3.57. The zero-order chi connectivity index (χ0) is 12.7. The summed E-state index contributed by atoms with van der Waals surface area (Å²) in [5, 5.41) is 3.73. The maximum absolute atomic E-state index is 3.73. The summed E-state index contributed by atoms with van der Waals surface area (Å²) < 4.78 is 0. The van der Waals surface area contributed by atoms with E-state index < -0.39 is 0 Å². The third-order valence-electron chi connectivity index (χ3n) is 4.57. The molecule has 19 heavy (non-hydrogen) atoms.